The summed E-state index contributed by atoms with van der Waals surface area (Å²) in [6, 6.07) is 6.21. The van der Waals surface area contributed by atoms with Crippen molar-refractivity contribution in [2.75, 3.05) is 24.7 Å². The highest BCUT2D eigenvalue weighted by atomic mass is 32.2. The van der Waals surface area contributed by atoms with E-state index in [1.54, 1.807) is 0 Å². The van der Waals surface area contributed by atoms with Crippen LogP contribution < -0.4 is 5.73 Å². The van der Waals surface area contributed by atoms with Crippen molar-refractivity contribution < 1.29 is 4.74 Å². The maximum Gasteiger partial charge on any atom is 0.0503 e. The molecule has 1 aromatic rings. The van der Waals surface area contributed by atoms with E-state index in [0.29, 0.717) is 5.92 Å². The van der Waals surface area contributed by atoms with Crippen molar-refractivity contribution in [1.82, 2.24) is 0 Å². The Hall–Kier alpha value is -0.670. The van der Waals surface area contributed by atoms with Gasteiger partial charge in [0.25, 0.3) is 0 Å². The standard InChI is InChI=1S/C12H17NOS/c1-9-2-3-11(13)12(6-9)15-8-10-4-5-14-7-10/h2-3,6,10H,4-5,7-8,13H2,1H3. The Kier molecular flexibility index (Phi) is 3.54. The Balaban J connectivity index is 1.94. The average molecular weight is 223 g/mol. The fourth-order valence-electron chi connectivity index (χ4n) is 1.69. The first-order chi connectivity index (χ1) is 7.25. The van der Waals surface area contributed by atoms with E-state index in [2.05, 4.69) is 19.1 Å². The van der Waals surface area contributed by atoms with Crippen LogP contribution in [0.5, 0.6) is 0 Å². The van der Waals surface area contributed by atoms with E-state index in [1.165, 1.54) is 16.9 Å². The summed E-state index contributed by atoms with van der Waals surface area (Å²) in [5.41, 5.74) is 8.09. The molecule has 2 nitrogen and oxygen atoms in total. The molecule has 1 aliphatic rings. The van der Waals surface area contributed by atoms with E-state index in [1.807, 2.05) is 17.8 Å². The first-order valence-corrected chi connectivity index (χ1v) is 6.31. The van der Waals surface area contributed by atoms with Gasteiger partial charge in [-0.15, -0.1) is 11.8 Å². The van der Waals surface area contributed by atoms with Gasteiger partial charge in [-0.3, -0.25) is 0 Å². The van der Waals surface area contributed by atoms with Crippen molar-refractivity contribution in [1.29, 1.82) is 0 Å². The van der Waals surface area contributed by atoms with Crippen molar-refractivity contribution >= 4 is 17.4 Å². The summed E-state index contributed by atoms with van der Waals surface area (Å²) in [5.74, 6) is 1.82. The predicted molar refractivity (Wildman–Crippen MR) is 65.2 cm³/mol. The van der Waals surface area contributed by atoms with Gasteiger partial charge in [-0.05, 0) is 37.0 Å². The lowest BCUT2D eigenvalue weighted by Crippen LogP contribution is -2.02. The SMILES string of the molecule is Cc1ccc(N)c(SCC2CCOC2)c1. The minimum absolute atomic E-state index is 0.704. The van der Waals surface area contributed by atoms with Crippen molar-refractivity contribution in [3.8, 4) is 0 Å². The lowest BCUT2D eigenvalue weighted by Gasteiger charge is -2.09. The Morgan fingerprint density at radius 1 is 1.53 bits per heavy atom. The maximum atomic E-state index is 5.92. The molecule has 1 aliphatic heterocycles. The molecule has 0 spiro atoms. The summed E-state index contributed by atoms with van der Waals surface area (Å²) >= 11 is 1.85. The second-order valence-corrected chi connectivity index (χ2v) is 5.14. The van der Waals surface area contributed by atoms with Crippen LogP contribution in [0.3, 0.4) is 0 Å². The molecule has 1 unspecified atom stereocenters. The van der Waals surface area contributed by atoms with E-state index >= 15 is 0 Å². The number of rotatable bonds is 3. The molecule has 0 radical (unpaired) electrons. The molecule has 1 aromatic carbocycles. The summed E-state index contributed by atoms with van der Waals surface area (Å²) in [6.07, 6.45) is 1.19. The lowest BCUT2D eigenvalue weighted by molar-refractivity contribution is 0.189. The van der Waals surface area contributed by atoms with E-state index in [4.69, 9.17) is 10.5 Å². The van der Waals surface area contributed by atoms with Crippen molar-refractivity contribution in [2.45, 2.75) is 18.2 Å². The van der Waals surface area contributed by atoms with Crippen LogP contribution in [0.1, 0.15) is 12.0 Å². The number of nitrogen functional groups attached to an aromatic ring is 1. The Morgan fingerprint density at radius 2 is 2.40 bits per heavy atom. The van der Waals surface area contributed by atoms with Gasteiger partial charge in [-0.2, -0.15) is 0 Å². The van der Waals surface area contributed by atoms with Gasteiger partial charge >= 0.3 is 0 Å². The number of anilines is 1. The molecule has 0 aliphatic carbocycles. The van der Waals surface area contributed by atoms with Gasteiger partial charge in [-0.25, -0.2) is 0 Å². The molecule has 3 heteroatoms. The molecule has 0 saturated carbocycles. The third-order valence-electron chi connectivity index (χ3n) is 2.67. The third kappa shape index (κ3) is 2.89. The second kappa shape index (κ2) is 4.90. The van der Waals surface area contributed by atoms with E-state index < -0.39 is 0 Å². The quantitative estimate of drug-likeness (QED) is 0.632. The van der Waals surface area contributed by atoms with Gasteiger partial charge in [0.1, 0.15) is 0 Å². The minimum Gasteiger partial charge on any atom is -0.398 e. The number of benzene rings is 1. The molecule has 1 heterocycles. The van der Waals surface area contributed by atoms with Crippen LogP contribution in [-0.4, -0.2) is 19.0 Å². The molecule has 2 N–H and O–H groups in total. The van der Waals surface area contributed by atoms with E-state index in [-0.39, 0.29) is 0 Å². The number of hydrogen-bond donors (Lipinski definition) is 1. The largest absolute Gasteiger partial charge is 0.398 e. The topological polar surface area (TPSA) is 35.2 Å². The second-order valence-electron chi connectivity index (χ2n) is 4.08. The molecule has 0 aromatic heterocycles. The third-order valence-corrected chi connectivity index (χ3v) is 3.97. The Morgan fingerprint density at radius 3 is 3.13 bits per heavy atom. The minimum atomic E-state index is 0.704. The number of hydrogen-bond acceptors (Lipinski definition) is 3. The normalized spacial score (nSPS) is 20.7. The van der Waals surface area contributed by atoms with Crippen LogP contribution in [0, 0.1) is 12.8 Å². The number of ether oxygens (including phenoxy) is 1. The first kappa shape index (κ1) is 10.8. The summed E-state index contributed by atoms with van der Waals surface area (Å²) in [7, 11) is 0. The number of aryl methyl sites for hydroxylation is 1. The predicted octanol–water partition coefficient (Wildman–Crippen LogP) is 2.71. The number of nitrogens with two attached hydrogens (primary N) is 1. The molecule has 1 saturated heterocycles. The summed E-state index contributed by atoms with van der Waals surface area (Å²) in [5, 5.41) is 0. The molecule has 2 rings (SSSR count). The van der Waals surface area contributed by atoms with Gasteiger partial charge in [0, 0.05) is 22.9 Å². The number of thioether (sulfide) groups is 1. The van der Waals surface area contributed by atoms with Gasteiger partial charge in [0.15, 0.2) is 0 Å². The Bertz CT molecular complexity index is 334. The van der Waals surface area contributed by atoms with Crippen LogP contribution in [-0.2, 0) is 4.74 Å². The molecule has 0 bridgehead atoms. The zero-order chi connectivity index (χ0) is 10.7. The summed E-state index contributed by atoms with van der Waals surface area (Å²) in [6.45, 7) is 3.94. The highest BCUT2D eigenvalue weighted by Crippen LogP contribution is 2.29. The molecule has 0 amide bonds. The van der Waals surface area contributed by atoms with Crippen molar-refractivity contribution in [3.63, 3.8) is 0 Å². The first-order valence-electron chi connectivity index (χ1n) is 5.32. The van der Waals surface area contributed by atoms with Crippen LogP contribution in [0.4, 0.5) is 5.69 Å². The molecule has 1 fully saturated rings. The van der Waals surface area contributed by atoms with Gasteiger partial charge in [0.2, 0.25) is 0 Å². The van der Waals surface area contributed by atoms with Gasteiger partial charge in [-0.1, -0.05) is 6.07 Å². The fourth-order valence-corrected chi connectivity index (χ4v) is 2.87. The summed E-state index contributed by atoms with van der Waals surface area (Å²) < 4.78 is 5.35. The van der Waals surface area contributed by atoms with Crippen LogP contribution in [0.2, 0.25) is 0 Å². The van der Waals surface area contributed by atoms with E-state index in [0.717, 1.165) is 24.7 Å². The van der Waals surface area contributed by atoms with Crippen molar-refractivity contribution in [2.24, 2.45) is 5.92 Å². The molecular formula is C12H17NOS. The Labute approximate surface area is 95.2 Å². The van der Waals surface area contributed by atoms with Crippen molar-refractivity contribution in [3.05, 3.63) is 23.8 Å². The van der Waals surface area contributed by atoms with Crippen LogP contribution in [0.15, 0.2) is 23.1 Å². The molecule has 1 atom stereocenters. The average Bonchev–Trinajstić information content (AvgIpc) is 2.72. The fraction of sp³-hybridized carbons (Fsp3) is 0.500. The van der Waals surface area contributed by atoms with Gasteiger partial charge in [0.05, 0.1) is 6.61 Å². The zero-order valence-corrected chi connectivity index (χ0v) is 9.85. The van der Waals surface area contributed by atoms with Gasteiger partial charge < -0.3 is 10.5 Å². The monoisotopic (exact) mass is 223 g/mol. The highest BCUT2D eigenvalue weighted by Gasteiger charge is 2.16. The van der Waals surface area contributed by atoms with Crippen LogP contribution >= 0.6 is 11.8 Å². The maximum absolute atomic E-state index is 5.92. The van der Waals surface area contributed by atoms with Crippen LogP contribution in [0.25, 0.3) is 0 Å². The highest BCUT2D eigenvalue weighted by molar-refractivity contribution is 7.99. The molecule has 15 heavy (non-hydrogen) atoms. The smallest absolute Gasteiger partial charge is 0.0503 e. The molecule has 82 valence electrons. The summed E-state index contributed by atoms with van der Waals surface area (Å²) in [4.78, 5) is 1.21. The lowest BCUT2D eigenvalue weighted by atomic mass is 10.2. The van der Waals surface area contributed by atoms with E-state index in [9.17, 15) is 0 Å². The zero-order valence-electron chi connectivity index (χ0n) is 9.03. The molecular weight excluding hydrogens is 206 g/mol.